The average molecular weight is 371 g/mol. The fourth-order valence-electron chi connectivity index (χ4n) is 2.89. The summed E-state index contributed by atoms with van der Waals surface area (Å²) in [4.78, 5) is 14.3. The number of carbonyl (C=O) groups excluding carboxylic acids is 1. The lowest BCUT2D eigenvalue weighted by atomic mass is 10.1. The molecule has 0 aliphatic carbocycles. The number of fused-ring (bicyclic) bond motifs is 1. The number of benzene rings is 3. The van der Waals surface area contributed by atoms with Crippen molar-refractivity contribution in [2.75, 3.05) is 14.2 Å². The first-order chi connectivity index (χ1) is 13.0. The van der Waals surface area contributed by atoms with Crippen LogP contribution in [0.2, 0.25) is 0 Å². The number of ether oxygens (including phenoxy) is 2. The zero-order valence-electron chi connectivity index (χ0n) is 15.0. The molecule has 3 rings (SSSR count). The topological polar surface area (TPSA) is 38.8 Å². The van der Waals surface area contributed by atoms with Crippen molar-refractivity contribution >= 4 is 16.7 Å². The molecule has 0 spiro atoms. The van der Waals surface area contributed by atoms with Gasteiger partial charge in [0.05, 0.1) is 7.11 Å². The van der Waals surface area contributed by atoms with Crippen molar-refractivity contribution in [2.45, 2.75) is 13.2 Å². The lowest BCUT2D eigenvalue weighted by molar-refractivity contribution is -0.0512. The average Bonchev–Trinajstić information content (AvgIpc) is 2.67. The van der Waals surface area contributed by atoms with Crippen LogP contribution in [0.4, 0.5) is 8.78 Å². The van der Waals surface area contributed by atoms with Crippen LogP contribution >= 0.6 is 0 Å². The Morgan fingerprint density at radius 2 is 1.74 bits per heavy atom. The smallest absolute Gasteiger partial charge is 0.387 e. The van der Waals surface area contributed by atoms with Gasteiger partial charge >= 0.3 is 6.61 Å². The lowest BCUT2D eigenvalue weighted by Gasteiger charge is -2.19. The number of hydrogen-bond donors (Lipinski definition) is 0. The Hall–Kier alpha value is -3.15. The molecule has 0 unspecified atom stereocenters. The highest BCUT2D eigenvalue weighted by Crippen LogP contribution is 2.30. The molecule has 0 aliphatic heterocycles. The first-order valence-electron chi connectivity index (χ1n) is 8.34. The molecular formula is C21H19F2NO3. The van der Waals surface area contributed by atoms with Gasteiger partial charge in [-0.15, -0.1) is 0 Å². The summed E-state index contributed by atoms with van der Waals surface area (Å²) in [6.07, 6.45) is 0. The lowest BCUT2D eigenvalue weighted by Crippen LogP contribution is -2.26. The second kappa shape index (κ2) is 8.03. The molecule has 0 aromatic heterocycles. The van der Waals surface area contributed by atoms with Crippen LogP contribution in [0.25, 0.3) is 10.8 Å². The van der Waals surface area contributed by atoms with E-state index in [1.165, 1.54) is 13.2 Å². The maximum absolute atomic E-state index is 12.7. The largest absolute Gasteiger partial charge is 0.493 e. The molecule has 3 aromatic rings. The van der Waals surface area contributed by atoms with E-state index in [0.29, 0.717) is 12.1 Å². The summed E-state index contributed by atoms with van der Waals surface area (Å²) in [5.74, 6) is 0.0201. The third-order valence-corrected chi connectivity index (χ3v) is 4.21. The summed E-state index contributed by atoms with van der Waals surface area (Å²) in [5, 5.41) is 2.06. The number of nitrogens with zero attached hydrogens (tertiary/aromatic N) is 1. The molecule has 3 aromatic carbocycles. The first-order valence-corrected chi connectivity index (χ1v) is 8.34. The van der Waals surface area contributed by atoms with Crippen LogP contribution in [0.15, 0.2) is 60.7 Å². The number of hydrogen-bond acceptors (Lipinski definition) is 3. The number of halogens is 2. The van der Waals surface area contributed by atoms with Crippen molar-refractivity contribution in [1.29, 1.82) is 0 Å². The van der Waals surface area contributed by atoms with E-state index in [4.69, 9.17) is 4.74 Å². The highest BCUT2D eigenvalue weighted by molar-refractivity contribution is 5.98. The minimum atomic E-state index is -2.93. The summed E-state index contributed by atoms with van der Waals surface area (Å²) >= 11 is 0. The molecule has 0 saturated heterocycles. The van der Waals surface area contributed by atoms with E-state index in [9.17, 15) is 13.6 Å². The van der Waals surface area contributed by atoms with Crippen molar-refractivity contribution in [3.8, 4) is 11.5 Å². The number of rotatable bonds is 6. The van der Waals surface area contributed by atoms with Crippen molar-refractivity contribution in [3.05, 3.63) is 71.8 Å². The standard InChI is InChI=1S/C21H19F2NO3/c1-24(13-14-7-10-18(27-21(22)23)19(11-14)26-2)20(25)17-9-8-15-5-3-4-6-16(15)12-17/h3-12,21H,13H2,1-2H3. The van der Waals surface area contributed by atoms with Crippen LogP contribution in [0, 0.1) is 0 Å². The SMILES string of the molecule is COc1cc(CN(C)C(=O)c2ccc3ccccc3c2)ccc1OC(F)F. The Morgan fingerprint density at radius 1 is 1.00 bits per heavy atom. The predicted molar refractivity (Wildman–Crippen MR) is 99.4 cm³/mol. The molecule has 0 radical (unpaired) electrons. The first kappa shape index (κ1) is 18.6. The number of methoxy groups -OCH3 is 1. The number of amides is 1. The van der Waals surface area contributed by atoms with Gasteiger partial charge in [0.1, 0.15) is 0 Å². The Morgan fingerprint density at radius 3 is 2.44 bits per heavy atom. The van der Waals surface area contributed by atoms with Gasteiger partial charge < -0.3 is 14.4 Å². The van der Waals surface area contributed by atoms with Gasteiger partial charge in [-0.25, -0.2) is 0 Å². The zero-order chi connectivity index (χ0) is 19.4. The monoisotopic (exact) mass is 371 g/mol. The highest BCUT2D eigenvalue weighted by Gasteiger charge is 2.15. The van der Waals surface area contributed by atoms with Crippen LogP contribution in [0.5, 0.6) is 11.5 Å². The van der Waals surface area contributed by atoms with Gasteiger partial charge in [-0.1, -0.05) is 36.4 Å². The minimum Gasteiger partial charge on any atom is -0.493 e. The summed E-state index contributed by atoms with van der Waals surface area (Å²) in [5.41, 5.74) is 1.32. The van der Waals surface area contributed by atoms with Crippen LogP contribution < -0.4 is 9.47 Å². The minimum absolute atomic E-state index is 0.0419. The second-order valence-corrected chi connectivity index (χ2v) is 6.09. The highest BCUT2D eigenvalue weighted by atomic mass is 19.3. The molecule has 0 fully saturated rings. The predicted octanol–water partition coefficient (Wildman–Crippen LogP) is 4.72. The molecule has 0 saturated carbocycles. The van der Waals surface area contributed by atoms with Crippen LogP contribution in [0.1, 0.15) is 15.9 Å². The number of alkyl halides is 2. The van der Waals surface area contributed by atoms with Crippen molar-refractivity contribution < 1.29 is 23.0 Å². The van der Waals surface area contributed by atoms with Gasteiger partial charge in [0, 0.05) is 19.2 Å². The van der Waals surface area contributed by atoms with E-state index in [1.54, 1.807) is 30.1 Å². The van der Waals surface area contributed by atoms with Gasteiger partial charge in [0.2, 0.25) is 0 Å². The zero-order valence-corrected chi connectivity index (χ0v) is 15.0. The molecule has 140 valence electrons. The van der Waals surface area contributed by atoms with Gasteiger partial charge in [-0.05, 0) is 40.6 Å². The maximum Gasteiger partial charge on any atom is 0.387 e. The summed E-state index contributed by atoms with van der Waals surface area (Å²) in [7, 11) is 3.06. The summed E-state index contributed by atoms with van der Waals surface area (Å²) in [6.45, 7) is -2.63. The summed E-state index contributed by atoms with van der Waals surface area (Å²) < 4.78 is 34.4. The van der Waals surface area contributed by atoms with Gasteiger partial charge in [0.25, 0.3) is 5.91 Å². The Bertz CT molecular complexity index is 959. The van der Waals surface area contributed by atoms with E-state index in [-0.39, 0.29) is 17.4 Å². The molecular weight excluding hydrogens is 352 g/mol. The molecule has 0 heterocycles. The maximum atomic E-state index is 12.7. The molecule has 27 heavy (non-hydrogen) atoms. The van der Waals surface area contributed by atoms with Crippen molar-refractivity contribution in [3.63, 3.8) is 0 Å². The van der Waals surface area contributed by atoms with E-state index < -0.39 is 6.61 Å². The fourth-order valence-corrected chi connectivity index (χ4v) is 2.89. The quantitative estimate of drug-likeness (QED) is 0.629. The Kier molecular flexibility index (Phi) is 5.54. The van der Waals surface area contributed by atoms with Crippen LogP contribution in [-0.4, -0.2) is 31.6 Å². The Labute approximate surface area is 155 Å². The Balaban J connectivity index is 1.77. The molecule has 0 N–H and O–H groups in total. The molecule has 1 amide bonds. The van der Waals surface area contributed by atoms with Gasteiger partial charge in [-0.3, -0.25) is 4.79 Å². The third-order valence-electron chi connectivity index (χ3n) is 4.21. The van der Waals surface area contributed by atoms with Gasteiger partial charge in [-0.2, -0.15) is 8.78 Å². The van der Waals surface area contributed by atoms with Crippen LogP contribution in [0.3, 0.4) is 0 Å². The van der Waals surface area contributed by atoms with Crippen molar-refractivity contribution in [2.24, 2.45) is 0 Å². The molecule has 0 aliphatic rings. The van der Waals surface area contributed by atoms with E-state index >= 15 is 0 Å². The van der Waals surface area contributed by atoms with E-state index in [2.05, 4.69) is 4.74 Å². The number of carbonyl (C=O) groups is 1. The molecule has 4 nitrogen and oxygen atoms in total. The van der Waals surface area contributed by atoms with E-state index in [0.717, 1.165) is 16.3 Å². The normalized spacial score (nSPS) is 10.9. The summed E-state index contributed by atoms with van der Waals surface area (Å²) in [6, 6.07) is 18.0. The third kappa shape index (κ3) is 4.34. The molecule has 0 atom stereocenters. The fraction of sp³-hybridized carbons (Fsp3) is 0.190. The van der Waals surface area contributed by atoms with E-state index in [1.807, 2.05) is 36.4 Å². The van der Waals surface area contributed by atoms with Crippen LogP contribution in [-0.2, 0) is 6.54 Å². The molecule has 0 bridgehead atoms. The van der Waals surface area contributed by atoms with Crippen molar-refractivity contribution in [1.82, 2.24) is 4.90 Å². The molecule has 6 heteroatoms. The van der Waals surface area contributed by atoms with Gasteiger partial charge in [0.15, 0.2) is 11.5 Å². The second-order valence-electron chi connectivity index (χ2n) is 6.09.